The molecular weight excluding hydrogens is 276 g/mol. The molecule has 8 heteroatoms. The fourth-order valence-corrected chi connectivity index (χ4v) is 1.57. The number of hydrogen-bond donors (Lipinski definition) is 2. The Morgan fingerprint density at radius 1 is 1.63 bits per heavy atom. The summed E-state index contributed by atoms with van der Waals surface area (Å²) < 4.78 is 4.69. The molecule has 1 unspecified atom stereocenters. The van der Waals surface area contributed by atoms with Crippen molar-refractivity contribution in [3.63, 3.8) is 0 Å². The molecule has 0 radical (unpaired) electrons. The monoisotopic (exact) mass is 288 g/mol. The molecule has 1 rings (SSSR count). The maximum Gasteiger partial charge on any atom is 0.283 e. The SMILES string of the molecule is COCC(O)CNC(=O)c1ccc(Cl)cc1[N+](=O)[O-]. The van der Waals surface area contributed by atoms with Gasteiger partial charge in [0.15, 0.2) is 0 Å². The van der Waals surface area contributed by atoms with Gasteiger partial charge in [-0.25, -0.2) is 0 Å². The first-order valence-corrected chi connectivity index (χ1v) is 5.72. The first-order chi connectivity index (χ1) is 8.95. The molecule has 0 aliphatic rings. The van der Waals surface area contributed by atoms with Gasteiger partial charge in [0.25, 0.3) is 11.6 Å². The Morgan fingerprint density at radius 3 is 2.89 bits per heavy atom. The summed E-state index contributed by atoms with van der Waals surface area (Å²) in [6.07, 6.45) is -0.875. The van der Waals surface area contributed by atoms with Crippen LogP contribution >= 0.6 is 11.6 Å². The largest absolute Gasteiger partial charge is 0.389 e. The Labute approximate surface area is 114 Å². The number of carbonyl (C=O) groups excluding carboxylic acids is 1. The highest BCUT2D eigenvalue weighted by Gasteiger charge is 2.20. The second kappa shape index (κ2) is 7.03. The van der Waals surface area contributed by atoms with E-state index >= 15 is 0 Å². The molecule has 0 aliphatic carbocycles. The number of nitrogens with one attached hydrogen (secondary N) is 1. The highest BCUT2D eigenvalue weighted by Crippen LogP contribution is 2.22. The van der Waals surface area contributed by atoms with Gasteiger partial charge in [-0.2, -0.15) is 0 Å². The number of nitro benzene ring substituents is 1. The zero-order valence-corrected chi connectivity index (χ0v) is 10.9. The molecule has 104 valence electrons. The number of aliphatic hydroxyl groups excluding tert-OH is 1. The van der Waals surface area contributed by atoms with Gasteiger partial charge in [0.05, 0.1) is 17.6 Å². The standard InChI is InChI=1S/C11H13ClN2O5/c1-19-6-8(15)5-13-11(16)9-3-2-7(12)4-10(9)14(17)18/h2-4,8,15H,5-6H2,1H3,(H,13,16). The van der Waals surface area contributed by atoms with Crippen LogP contribution in [0, 0.1) is 10.1 Å². The van der Waals surface area contributed by atoms with Crippen molar-refractivity contribution < 1.29 is 19.6 Å². The summed E-state index contributed by atoms with van der Waals surface area (Å²) in [5.41, 5.74) is -0.495. The Balaban J connectivity index is 2.79. The number of halogens is 1. The van der Waals surface area contributed by atoms with Crippen molar-refractivity contribution in [3.8, 4) is 0 Å². The van der Waals surface area contributed by atoms with E-state index in [0.29, 0.717) is 0 Å². The van der Waals surface area contributed by atoms with Crippen LogP contribution in [-0.2, 0) is 4.74 Å². The van der Waals surface area contributed by atoms with Gasteiger partial charge < -0.3 is 15.2 Å². The van der Waals surface area contributed by atoms with Crippen molar-refractivity contribution in [2.24, 2.45) is 0 Å². The number of hydrogen-bond acceptors (Lipinski definition) is 5. The maximum absolute atomic E-state index is 11.8. The van der Waals surface area contributed by atoms with Gasteiger partial charge in [0.1, 0.15) is 5.56 Å². The Hall–Kier alpha value is -1.70. The highest BCUT2D eigenvalue weighted by molar-refractivity contribution is 6.31. The molecular formula is C11H13ClN2O5. The van der Waals surface area contributed by atoms with Crippen LogP contribution in [0.3, 0.4) is 0 Å². The zero-order chi connectivity index (χ0) is 14.4. The fourth-order valence-electron chi connectivity index (χ4n) is 1.40. The maximum atomic E-state index is 11.8. The van der Waals surface area contributed by atoms with Crippen LogP contribution < -0.4 is 5.32 Å². The van der Waals surface area contributed by atoms with Gasteiger partial charge in [-0.1, -0.05) is 11.6 Å². The molecule has 1 aromatic rings. The van der Waals surface area contributed by atoms with Crippen molar-refractivity contribution in [1.29, 1.82) is 0 Å². The fraction of sp³-hybridized carbons (Fsp3) is 0.364. The summed E-state index contributed by atoms with van der Waals surface area (Å²) in [7, 11) is 1.41. The van der Waals surface area contributed by atoms with Gasteiger partial charge in [-0.15, -0.1) is 0 Å². The minimum atomic E-state index is -0.875. The Morgan fingerprint density at radius 2 is 2.32 bits per heavy atom. The van der Waals surface area contributed by atoms with Gasteiger partial charge in [0.2, 0.25) is 0 Å². The molecule has 0 saturated carbocycles. The third-order valence-corrected chi connectivity index (χ3v) is 2.49. The number of methoxy groups -OCH3 is 1. The van der Waals surface area contributed by atoms with Gasteiger partial charge >= 0.3 is 0 Å². The van der Waals surface area contributed by atoms with Crippen LogP contribution in [0.1, 0.15) is 10.4 Å². The van der Waals surface area contributed by atoms with E-state index in [1.165, 1.54) is 19.2 Å². The predicted octanol–water partition coefficient (Wildman–Crippen LogP) is 0.985. The lowest BCUT2D eigenvalue weighted by Gasteiger charge is -2.10. The molecule has 1 atom stereocenters. The van der Waals surface area contributed by atoms with E-state index in [9.17, 15) is 20.0 Å². The first-order valence-electron chi connectivity index (χ1n) is 5.35. The number of aliphatic hydroxyl groups is 1. The van der Waals surface area contributed by atoms with Crippen LogP contribution in [0.5, 0.6) is 0 Å². The molecule has 0 fully saturated rings. The molecule has 0 saturated heterocycles. The summed E-state index contributed by atoms with van der Waals surface area (Å²) in [6, 6.07) is 3.75. The molecule has 0 aromatic heterocycles. The number of rotatable bonds is 6. The quantitative estimate of drug-likeness (QED) is 0.600. The summed E-state index contributed by atoms with van der Waals surface area (Å²) in [5, 5.41) is 22.7. The first kappa shape index (κ1) is 15.4. The molecule has 1 amide bonds. The van der Waals surface area contributed by atoms with Crippen LogP contribution in [0.2, 0.25) is 5.02 Å². The topological polar surface area (TPSA) is 102 Å². The number of amides is 1. The summed E-state index contributed by atoms with van der Waals surface area (Å²) >= 11 is 5.64. The van der Waals surface area contributed by atoms with E-state index in [1.807, 2.05) is 0 Å². The van der Waals surface area contributed by atoms with Gasteiger partial charge in [-0.05, 0) is 12.1 Å². The molecule has 2 N–H and O–H groups in total. The number of ether oxygens (including phenoxy) is 1. The number of nitro groups is 1. The molecule has 0 bridgehead atoms. The lowest BCUT2D eigenvalue weighted by atomic mass is 10.1. The minimum Gasteiger partial charge on any atom is -0.389 e. The number of benzene rings is 1. The predicted molar refractivity (Wildman–Crippen MR) is 68.3 cm³/mol. The summed E-state index contributed by atoms with van der Waals surface area (Å²) in [6.45, 7) is -0.00452. The van der Waals surface area contributed by atoms with E-state index in [0.717, 1.165) is 6.07 Å². The van der Waals surface area contributed by atoms with Crippen molar-refractivity contribution in [2.75, 3.05) is 20.3 Å². The van der Waals surface area contributed by atoms with Crippen LogP contribution in [0.25, 0.3) is 0 Å². The van der Waals surface area contributed by atoms with Crippen LogP contribution in [0.4, 0.5) is 5.69 Å². The third kappa shape index (κ3) is 4.47. The van der Waals surface area contributed by atoms with Crippen LogP contribution in [0.15, 0.2) is 18.2 Å². The second-order valence-corrected chi connectivity index (χ2v) is 4.17. The van der Waals surface area contributed by atoms with E-state index in [2.05, 4.69) is 5.32 Å². The normalized spacial score (nSPS) is 11.9. The molecule has 7 nitrogen and oxygen atoms in total. The minimum absolute atomic E-state index is 0.0585. The molecule has 0 aliphatic heterocycles. The molecule has 0 spiro atoms. The van der Waals surface area contributed by atoms with Crippen molar-refractivity contribution >= 4 is 23.2 Å². The van der Waals surface area contributed by atoms with Crippen molar-refractivity contribution in [1.82, 2.24) is 5.32 Å². The second-order valence-electron chi connectivity index (χ2n) is 3.74. The van der Waals surface area contributed by atoms with E-state index in [1.54, 1.807) is 0 Å². The summed E-state index contributed by atoms with van der Waals surface area (Å²) in [5.74, 6) is -0.654. The van der Waals surface area contributed by atoms with Crippen LogP contribution in [-0.4, -0.2) is 42.3 Å². The average molecular weight is 289 g/mol. The lowest BCUT2D eigenvalue weighted by molar-refractivity contribution is -0.385. The third-order valence-electron chi connectivity index (χ3n) is 2.26. The highest BCUT2D eigenvalue weighted by atomic mass is 35.5. The smallest absolute Gasteiger partial charge is 0.283 e. The number of carbonyl (C=O) groups is 1. The summed E-state index contributed by atoms with van der Waals surface area (Å²) in [4.78, 5) is 21.9. The number of nitrogens with zero attached hydrogens (tertiary/aromatic N) is 1. The Bertz CT molecular complexity index is 480. The average Bonchev–Trinajstić information content (AvgIpc) is 2.36. The molecule has 1 aromatic carbocycles. The van der Waals surface area contributed by atoms with Crippen molar-refractivity contribution in [2.45, 2.75) is 6.10 Å². The van der Waals surface area contributed by atoms with E-state index in [4.69, 9.17) is 16.3 Å². The molecule has 0 heterocycles. The lowest BCUT2D eigenvalue weighted by Crippen LogP contribution is -2.34. The van der Waals surface area contributed by atoms with Gasteiger partial charge in [0, 0.05) is 24.7 Å². The van der Waals surface area contributed by atoms with Gasteiger partial charge in [-0.3, -0.25) is 14.9 Å². The van der Waals surface area contributed by atoms with E-state index in [-0.39, 0.29) is 29.4 Å². The Kier molecular flexibility index (Phi) is 5.68. The molecule has 19 heavy (non-hydrogen) atoms. The zero-order valence-electron chi connectivity index (χ0n) is 10.1. The van der Waals surface area contributed by atoms with E-state index < -0.39 is 16.9 Å². The van der Waals surface area contributed by atoms with Crippen molar-refractivity contribution in [3.05, 3.63) is 38.9 Å².